The van der Waals surface area contributed by atoms with E-state index in [1.165, 1.54) is 0 Å². The Morgan fingerprint density at radius 3 is 2.14 bits per heavy atom. The van der Waals surface area contributed by atoms with E-state index >= 15 is 0 Å². The van der Waals surface area contributed by atoms with E-state index in [0.717, 1.165) is 27.7 Å². The monoisotopic (exact) mass is 293 g/mol. The molecule has 0 amide bonds. The summed E-state index contributed by atoms with van der Waals surface area (Å²) in [4.78, 5) is 12.4. The second-order valence-electron chi connectivity index (χ2n) is 4.68. The van der Waals surface area contributed by atoms with Gasteiger partial charge in [-0.3, -0.25) is 4.79 Å². The molecule has 0 heterocycles. The van der Waals surface area contributed by atoms with Crippen LogP contribution in [0.15, 0.2) is 42.5 Å². The van der Waals surface area contributed by atoms with Gasteiger partial charge in [-0.05, 0) is 57.9 Å². The number of hydrogen-bond donors (Lipinski definition) is 0. The number of carbonyl (C=O) groups is 1. The van der Waals surface area contributed by atoms with Crippen LogP contribution >= 0.6 is 8.58 Å². The molecule has 1 unspecified atom stereocenters. The second-order valence-corrected chi connectivity index (χ2v) is 5.96. The predicted molar refractivity (Wildman–Crippen MR) is 91.6 cm³/mol. The van der Waals surface area contributed by atoms with Crippen LogP contribution in [-0.4, -0.2) is 31.0 Å². The van der Waals surface area contributed by atoms with Gasteiger partial charge in [0.1, 0.15) is 5.75 Å². The number of ether oxygens (including phenoxy) is 1. The van der Waals surface area contributed by atoms with Gasteiger partial charge in [0.25, 0.3) is 0 Å². The van der Waals surface area contributed by atoms with Crippen molar-refractivity contribution in [1.82, 2.24) is 0 Å². The maximum atomic E-state index is 12.4. The van der Waals surface area contributed by atoms with Crippen LogP contribution in [0.4, 0.5) is 0 Å². The summed E-state index contributed by atoms with van der Waals surface area (Å²) in [7, 11) is 0.152. The van der Waals surface area contributed by atoms with E-state index in [9.17, 15) is 4.79 Å². The van der Waals surface area contributed by atoms with Crippen molar-refractivity contribution in [1.29, 1.82) is 0 Å². The number of carbonyl (C=O) groups excluding carboxylic acids is 1. The zero-order valence-corrected chi connectivity index (χ0v) is 14.1. The minimum absolute atomic E-state index is 0. The molecule has 2 nitrogen and oxygen atoms in total. The van der Waals surface area contributed by atoms with Gasteiger partial charge in [-0.2, -0.15) is 0 Å². The molecule has 21 heavy (non-hydrogen) atoms. The van der Waals surface area contributed by atoms with Crippen molar-refractivity contribution in [2.45, 2.75) is 20.8 Å². The van der Waals surface area contributed by atoms with Crippen LogP contribution < -0.4 is 10.0 Å². The zero-order valence-electron chi connectivity index (χ0n) is 13.1. The topological polar surface area (TPSA) is 26.3 Å². The Morgan fingerprint density at radius 2 is 1.62 bits per heavy atom. The number of benzene rings is 2. The van der Waals surface area contributed by atoms with E-state index in [0.29, 0.717) is 6.61 Å². The summed E-state index contributed by atoms with van der Waals surface area (Å²) in [6, 6.07) is 13.7. The van der Waals surface area contributed by atoms with Crippen molar-refractivity contribution in [3.8, 4) is 5.75 Å². The molecule has 2 aromatic carbocycles. The van der Waals surface area contributed by atoms with Crippen molar-refractivity contribution in [2.75, 3.05) is 6.61 Å². The first-order valence-corrected chi connectivity index (χ1v) is 7.72. The summed E-state index contributed by atoms with van der Waals surface area (Å²) in [6.45, 7) is 6.59. The molecule has 0 N–H and O–H groups in total. The molecule has 105 valence electrons. The average Bonchev–Trinajstić information content (AvgIpc) is 2.41. The molecular formula is C17H19LiO2P. The molecule has 0 saturated heterocycles. The van der Waals surface area contributed by atoms with Gasteiger partial charge >= 0.3 is 0 Å². The smallest absolute Gasteiger partial charge is 0.186 e. The van der Waals surface area contributed by atoms with Crippen LogP contribution in [0.3, 0.4) is 0 Å². The van der Waals surface area contributed by atoms with Crippen LogP contribution in [0.2, 0.25) is 0 Å². The summed E-state index contributed by atoms with van der Waals surface area (Å²) < 4.78 is 5.41. The Bertz CT molecular complexity index is 588. The van der Waals surface area contributed by atoms with Gasteiger partial charge in [-0.1, -0.05) is 30.3 Å². The van der Waals surface area contributed by atoms with Gasteiger partial charge in [0.05, 0.1) is 6.61 Å². The third-order valence-corrected chi connectivity index (χ3v) is 4.23. The molecule has 0 saturated carbocycles. The first-order valence-electron chi connectivity index (χ1n) is 6.72. The summed E-state index contributed by atoms with van der Waals surface area (Å²) in [5.74, 6) is 0.848. The van der Waals surface area contributed by atoms with Crippen LogP contribution in [-0.2, 0) is 0 Å². The molecule has 0 aliphatic carbocycles. The molecule has 4 heteroatoms. The largest absolute Gasteiger partial charge is 0.494 e. The Hall–Kier alpha value is -1.06. The Labute approximate surface area is 140 Å². The summed E-state index contributed by atoms with van der Waals surface area (Å²) in [5, 5.41) is 1.04. The Morgan fingerprint density at radius 1 is 1.05 bits per heavy atom. The van der Waals surface area contributed by atoms with Crippen molar-refractivity contribution in [3.05, 3.63) is 59.2 Å². The fraction of sp³-hybridized carbons (Fsp3) is 0.235. The normalized spacial score (nSPS) is 10.4. The Balaban J connectivity index is 0.00000220. The molecule has 1 atom stereocenters. The third-order valence-electron chi connectivity index (χ3n) is 3.13. The van der Waals surface area contributed by atoms with Crippen LogP contribution in [0, 0.1) is 13.8 Å². The van der Waals surface area contributed by atoms with E-state index in [1.807, 2.05) is 63.2 Å². The second kappa shape index (κ2) is 8.40. The SMILES string of the molecule is CCOc1ccc(PC(=O)c2c(C)cccc2C)cc1.[Li]. The first kappa shape index (κ1) is 18.0. The van der Waals surface area contributed by atoms with Crippen molar-refractivity contribution >= 4 is 38.3 Å². The van der Waals surface area contributed by atoms with Gasteiger partial charge in [0, 0.05) is 24.4 Å². The predicted octanol–water partition coefficient (Wildman–Crippen LogP) is 3.47. The van der Waals surface area contributed by atoms with Crippen molar-refractivity contribution < 1.29 is 9.53 Å². The van der Waals surface area contributed by atoms with E-state index < -0.39 is 0 Å². The van der Waals surface area contributed by atoms with Crippen LogP contribution in [0.5, 0.6) is 5.75 Å². The molecule has 0 aliphatic rings. The molecule has 1 radical (unpaired) electrons. The number of rotatable bonds is 5. The van der Waals surface area contributed by atoms with Crippen LogP contribution in [0.1, 0.15) is 28.4 Å². The summed E-state index contributed by atoms with van der Waals surface area (Å²) in [5.41, 5.74) is 3.16. The standard InChI is InChI=1S/C17H19O2P.Li/c1-4-19-14-8-10-15(11-9-14)20-17(18)16-12(2)6-5-7-13(16)3;/h5-11,20H,4H2,1-3H3;. The summed E-state index contributed by atoms with van der Waals surface area (Å²) in [6.07, 6.45) is 0. The molecule has 0 aliphatic heterocycles. The average molecular weight is 293 g/mol. The van der Waals surface area contributed by atoms with Crippen molar-refractivity contribution in [3.63, 3.8) is 0 Å². The maximum Gasteiger partial charge on any atom is 0.186 e. The first-order chi connectivity index (χ1) is 9.61. The zero-order chi connectivity index (χ0) is 14.5. The molecular weight excluding hydrogens is 274 g/mol. The molecule has 0 aromatic heterocycles. The third kappa shape index (κ3) is 4.72. The van der Waals surface area contributed by atoms with E-state index in [-0.39, 0.29) is 33.0 Å². The van der Waals surface area contributed by atoms with E-state index in [4.69, 9.17) is 4.74 Å². The minimum atomic E-state index is 0. The molecule has 2 rings (SSSR count). The van der Waals surface area contributed by atoms with Crippen molar-refractivity contribution in [2.24, 2.45) is 0 Å². The van der Waals surface area contributed by atoms with Gasteiger partial charge in [-0.15, -0.1) is 0 Å². The van der Waals surface area contributed by atoms with Crippen LogP contribution in [0.25, 0.3) is 0 Å². The molecule has 0 spiro atoms. The van der Waals surface area contributed by atoms with E-state index in [2.05, 4.69) is 0 Å². The van der Waals surface area contributed by atoms with E-state index in [1.54, 1.807) is 0 Å². The molecule has 0 fully saturated rings. The Kier molecular flexibility index (Phi) is 7.19. The molecule has 0 bridgehead atoms. The maximum absolute atomic E-state index is 12.4. The van der Waals surface area contributed by atoms with Gasteiger partial charge in [-0.25, -0.2) is 0 Å². The minimum Gasteiger partial charge on any atom is -0.494 e. The fourth-order valence-electron chi connectivity index (χ4n) is 2.17. The summed E-state index contributed by atoms with van der Waals surface area (Å²) >= 11 is 0. The van der Waals surface area contributed by atoms with Gasteiger partial charge in [0.2, 0.25) is 0 Å². The quantitative estimate of drug-likeness (QED) is 0.623. The van der Waals surface area contributed by atoms with Gasteiger partial charge in [0.15, 0.2) is 5.52 Å². The fourth-order valence-corrected chi connectivity index (χ4v) is 3.28. The molecule has 2 aromatic rings. The number of aryl methyl sites for hydroxylation is 2. The van der Waals surface area contributed by atoms with Gasteiger partial charge < -0.3 is 4.74 Å². The number of hydrogen-bond acceptors (Lipinski definition) is 2.